The number of benzene rings is 1. The Morgan fingerprint density at radius 1 is 1.05 bits per heavy atom. The highest BCUT2D eigenvalue weighted by atomic mass is 16.5. The molecule has 106 valence electrons. The Kier molecular flexibility index (Phi) is 4.50. The standard InChI is InChI=1S/C15H20N4O/c1-10-5-7-14(8-6-10)20-9-11(2)16-15-17-12(3)13(4)18-19-15/h5-8,11H,9H2,1-4H3,(H,16,17,19). The quantitative estimate of drug-likeness (QED) is 0.906. The average molecular weight is 272 g/mol. The van der Waals surface area contributed by atoms with Crippen molar-refractivity contribution >= 4 is 5.95 Å². The van der Waals surface area contributed by atoms with E-state index in [4.69, 9.17) is 4.74 Å². The van der Waals surface area contributed by atoms with Crippen LogP contribution in [0, 0.1) is 20.8 Å². The lowest BCUT2D eigenvalue weighted by Gasteiger charge is -2.15. The highest BCUT2D eigenvalue weighted by Gasteiger charge is 2.07. The van der Waals surface area contributed by atoms with Gasteiger partial charge in [0.1, 0.15) is 12.4 Å². The van der Waals surface area contributed by atoms with Crippen LogP contribution in [0.3, 0.4) is 0 Å². The number of ether oxygens (including phenoxy) is 1. The highest BCUT2D eigenvalue weighted by molar-refractivity contribution is 5.28. The van der Waals surface area contributed by atoms with E-state index in [0.717, 1.165) is 17.1 Å². The summed E-state index contributed by atoms with van der Waals surface area (Å²) in [6.07, 6.45) is 0. The first kappa shape index (κ1) is 14.2. The van der Waals surface area contributed by atoms with E-state index >= 15 is 0 Å². The van der Waals surface area contributed by atoms with Crippen molar-refractivity contribution in [1.82, 2.24) is 15.2 Å². The molecule has 20 heavy (non-hydrogen) atoms. The summed E-state index contributed by atoms with van der Waals surface area (Å²) in [6, 6.07) is 8.10. The zero-order valence-electron chi connectivity index (χ0n) is 12.3. The normalized spacial score (nSPS) is 12.0. The Morgan fingerprint density at radius 2 is 1.75 bits per heavy atom. The van der Waals surface area contributed by atoms with Gasteiger partial charge in [0.25, 0.3) is 0 Å². The van der Waals surface area contributed by atoms with Gasteiger partial charge in [-0.3, -0.25) is 0 Å². The van der Waals surface area contributed by atoms with Crippen molar-refractivity contribution in [1.29, 1.82) is 0 Å². The van der Waals surface area contributed by atoms with Gasteiger partial charge in [0, 0.05) is 0 Å². The molecule has 2 rings (SSSR count). The number of hydrogen-bond acceptors (Lipinski definition) is 5. The zero-order valence-corrected chi connectivity index (χ0v) is 12.3. The van der Waals surface area contributed by atoms with Crippen molar-refractivity contribution in [3.63, 3.8) is 0 Å². The second-order valence-corrected chi connectivity index (χ2v) is 4.98. The maximum Gasteiger partial charge on any atom is 0.243 e. The van der Waals surface area contributed by atoms with Gasteiger partial charge in [0.05, 0.1) is 17.4 Å². The maximum absolute atomic E-state index is 5.71. The summed E-state index contributed by atoms with van der Waals surface area (Å²) < 4.78 is 5.71. The van der Waals surface area contributed by atoms with Gasteiger partial charge in [-0.15, -0.1) is 5.10 Å². The lowest BCUT2D eigenvalue weighted by Crippen LogP contribution is -2.25. The minimum absolute atomic E-state index is 0.0974. The lowest BCUT2D eigenvalue weighted by molar-refractivity contribution is 0.303. The van der Waals surface area contributed by atoms with Crippen molar-refractivity contribution in [2.24, 2.45) is 0 Å². The summed E-state index contributed by atoms with van der Waals surface area (Å²) in [4.78, 5) is 4.34. The molecule has 1 heterocycles. The van der Waals surface area contributed by atoms with E-state index in [9.17, 15) is 0 Å². The predicted octanol–water partition coefficient (Wildman–Crippen LogP) is 2.68. The summed E-state index contributed by atoms with van der Waals surface area (Å²) in [5, 5.41) is 11.2. The first-order chi connectivity index (χ1) is 9.54. The van der Waals surface area contributed by atoms with Crippen molar-refractivity contribution in [2.75, 3.05) is 11.9 Å². The lowest BCUT2D eigenvalue weighted by atomic mass is 10.2. The maximum atomic E-state index is 5.71. The molecule has 0 saturated heterocycles. The fraction of sp³-hybridized carbons (Fsp3) is 0.400. The fourth-order valence-corrected chi connectivity index (χ4v) is 1.64. The number of aromatic nitrogens is 3. The average Bonchev–Trinajstić information content (AvgIpc) is 2.42. The number of rotatable bonds is 5. The first-order valence-electron chi connectivity index (χ1n) is 6.68. The van der Waals surface area contributed by atoms with Gasteiger partial charge in [0.15, 0.2) is 0 Å². The Balaban J connectivity index is 1.87. The van der Waals surface area contributed by atoms with Crippen molar-refractivity contribution in [2.45, 2.75) is 33.7 Å². The molecule has 1 aromatic carbocycles. The van der Waals surface area contributed by atoms with E-state index in [1.165, 1.54) is 5.56 Å². The molecular weight excluding hydrogens is 252 g/mol. The number of aryl methyl sites for hydroxylation is 3. The predicted molar refractivity (Wildman–Crippen MR) is 79.1 cm³/mol. The van der Waals surface area contributed by atoms with E-state index in [1.54, 1.807) is 0 Å². The number of nitrogens with one attached hydrogen (secondary N) is 1. The SMILES string of the molecule is Cc1ccc(OCC(C)Nc2nnc(C)c(C)n2)cc1. The van der Waals surface area contributed by atoms with Crippen LogP contribution in [0.2, 0.25) is 0 Å². The molecule has 1 unspecified atom stereocenters. The van der Waals surface area contributed by atoms with Gasteiger partial charge in [0.2, 0.25) is 5.95 Å². The van der Waals surface area contributed by atoms with Crippen LogP contribution < -0.4 is 10.1 Å². The van der Waals surface area contributed by atoms with E-state index in [-0.39, 0.29) is 6.04 Å². The molecule has 0 spiro atoms. The van der Waals surface area contributed by atoms with Crippen LogP contribution in [0.4, 0.5) is 5.95 Å². The molecule has 0 aliphatic rings. The van der Waals surface area contributed by atoms with Crippen LogP contribution in [0.5, 0.6) is 5.75 Å². The van der Waals surface area contributed by atoms with Crippen LogP contribution in [-0.2, 0) is 0 Å². The molecule has 1 N–H and O–H groups in total. The molecule has 0 bridgehead atoms. The van der Waals surface area contributed by atoms with Crippen LogP contribution in [0.25, 0.3) is 0 Å². The molecule has 2 aromatic rings. The largest absolute Gasteiger partial charge is 0.491 e. The zero-order chi connectivity index (χ0) is 14.5. The van der Waals surface area contributed by atoms with Crippen molar-refractivity contribution in [3.05, 3.63) is 41.2 Å². The van der Waals surface area contributed by atoms with Crippen molar-refractivity contribution in [3.8, 4) is 5.75 Å². The Morgan fingerprint density at radius 3 is 2.40 bits per heavy atom. The Bertz CT molecular complexity index is 569. The molecule has 0 aliphatic heterocycles. The Labute approximate surface area is 119 Å². The minimum Gasteiger partial charge on any atom is -0.491 e. The highest BCUT2D eigenvalue weighted by Crippen LogP contribution is 2.12. The van der Waals surface area contributed by atoms with Crippen molar-refractivity contribution < 1.29 is 4.74 Å². The fourth-order valence-electron chi connectivity index (χ4n) is 1.64. The molecule has 5 heteroatoms. The van der Waals surface area contributed by atoms with E-state index in [1.807, 2.05) is 45.0 Å². The topological polar surface area (TPSA) is 59.9 Å². The second kappa shape index (κ2) is 6.32. The monoisotopic (exact) mass is 272 g/mol. The molecule has 0 aliphatic carbocycles. The van der Waals surface area contributed by atoms with E-state index < -0.39 is 0 Å². The molecule has 0 amide bonds. The molecule has 0 radical (unpaired) electrons. The smallest absolute Gasteiger partial charge is 0.243 e. The van der Waals surface area contributed by atoms with Crippen LogP contribution in [-0.4, -0.2) is 27.8 Å². The Hall–Kier alpha value is -2.17. The molecule has 0 fully saturated rings. The number of hydrogen-bond donors (Lipinski definition) is 1. The molecular formula is C15H20N4O. The number of nitrogens with zero attached hydrogens (tertiary/aromatic N) is 3. The summed E-state index contributed by atoms with van der Waals surface area (Å²) in [7, 11) is 0. The molecule has 1 aromatic heterocycles. The summed E-state index contributed by atoms with van der Waals surface area (Å²) in [5.41, 5.74) is 2.95. The van der Waals surface area contributed by atoms with Crippen LogP contribution >= 0.6 is 0 Å². The molecule has 5 nitrogen and oxygen atoms in total. The van der Waals surface area contributed by atoms with Crippen LogP contribution in [0.1, 0.15) is 23.9 Å². The van der Waals surface area contributed by atoms with Gasteiger partial charge in [-0.25, -0.2) is 4.98 Å². The first-order valence-corrected chi connectivity index (χ1v) is 6.68. The second-order valence-electron chi connectivity index (χ2n) is 4.98. The van der Waals surface area contributed by atoms with Gasteiger partial charge < -0.3 is 10.1 Å². The van der Waals surface area contributed by atoms with Gasteiger partial charge in [-0.1, -0.05) is 17.7 Å². The van der Waals surface area contributed by atoms with Gasteiger partial charge >= 0.3 is 0 Å². The van der Waals surface area contributed by atoms with E-state index in [0.29, 0.717) is 12.6 Å². The van der Waals surface area contributed by atoms with Crippen LogP contribution in [0.15, 0.2) is 24.3 Å². The van der Waals surface area contributed by atoms with E-state index in [2.05, 4.69) is 27.4 Å². The number of anilines is 1. The summed E-state index contributed by atoms with van der Waals surface area (Å²) in [6.45, 7) is 8.43. The summed E-state index contributed by atoms with van der Waals surface area (Å²) in [5.74, 6) is 1.40. The van der Waals surface area contributed by atoms with Gasteiger partial charge in [-0.2, -0.15) is 5.10 Å². The summed E-state index contributed by atoms with van der Waals surface area (Å²) >= 11 is 0. The molecule has 0 saturated carbocycles. The third kappa shape index (κ3) is 3.91. The third-order valence-corrected chi connectivity index (χ3v) is 2.99. The van der Waals surface area contributed by atoms with Gasteiger partial charge in [-0.05, 0) is 39.8 Å². The molecule has 1 atom stereocenters. The third-order valence-electron chi connectivity index (χ3n) is 2.99. The minimum atomic E-state index is 0.0974.